The number of benzene rings is 1. The molecule has 0 radical (unpaired) electrons. The first-order chi connectivity index (χ1) is 9.06. The van der Waals surface area contributed by atoms with Gasteiger partial charge in [-0.25, -0.2) is 0 Å². The minimum Gasteiger partial charge on any atom is -0.493 e. The number of halogens is 1. The summed E-state index contributed by atoms with van der Waals surface area (Å²) < 4.78 is 6.48. The lowest BCUT2D eigenvalue weighted by atomic mass is 10.2. The zero-order chi connectivity index (χ0) is 14.3. The van der Waals surface area contributed by atoms with Gasteiger partial charge in [-0.15, -0.1) is 0 Å². The first-order valence-corrected chi connectivity index (χ1v) is 7.27. The maximum Gasteiger partial charge on any atom is 0.244 e. The van der Waals surface area contributed by atoms with Crippen LogP contribution in [0.3, 0.4) is 0 Å². The summed E-state index contributed by atoms with van der Waals surface area (Å²) in [4.78, 5) is 11.7. The zero-order valence-corrected chi connectivity index (χ0v) is 13.2. The smallest absolute Gasteiger partial charge is 0.244 e. The Morgan fingerprint density at radius 1 is 1.47 bits per heavy atom. The van der Waals surface area contributed by atoms with E-state index >= 15 is 0 Å². The van der Waals surface area contributed by atoms with Gasteiger partial charge in [0.05, 0.1) is 6.61 Å². The van der Waals surface area contributed by atoms with E-state index in [-0.39, 0.29) is 11.9 Å². The molecular weight excluding hydrogens is 306 g/mol. The topological polar surface area (TPSA) is 38.3 Å². The fourth-order valence-electron chi connectivity index (χ4n) is 1.50. The number of carbonyl (C=O) groups excluding carboxylic acids is 1. The van der Waals surface area contributed by atoms with E-state index in [9.17, 15) is 4.79 Å². The van der Waals surface area contributed by atoms with Crippen LogP contribution in [0, 0.1) is 0 Å². The molecule has 0 saturated carbocycles. The van der Waals surface area contributed by atoms with Crippen LogP contribution in [0.25, 0.3) is 6.08 Å². The van der Waals surface area contributed by atoms with E-state index in [0.717, 1.165) is 22.2 Å². The number of hydrogen-bond acceptors (Lipinski definition) is 2. The van der Waals surface area contributed by atoms with Crippen LogP contribution >= 0.6 is 15.9 Å². The summed E-state index contributed by atoms with van der Waals surface area (Å²) in [5.41, 5.74) is 0.885. The maximum atomic E-state index is 11.7. The van der Waals surface area contributed by atoms with Gasteiger partial charge in [-0.1, -0.05) is 22.9 Å². The minimum absolute atomic E-state index is 0.0863. The van der Waals surface area contributed by atoms with E-state index in [2.05, 4.69) is 21.2 Å². The summed E-state index contributed by atoms with van der Waals surface area (Å²) in [5, 5.41) is 2.89. The number of carbonyl (C=O) groups is 1. The van der Waals surface area contributed by atoms with E-state index in [4.69, 9.17) is 4.74 Å². The van der Waals surface area contributed by atoms with Crippen LogP contribution in [0.4, 0.5) is 0 Å². The number of rotatable bonds is 6. The molecule has 104 valence electrons. The third-order valence-electron chi connectivity index (χ3n) is 2.69. The average molecular weight is 326 g/mol. The standard InChI is InChI=1S/C15H20BrNO2/c1-4-11(3)17-15(18)9-6-12-10-13(16)7-8-14(12)19-5-2/h6-11H,4-5H2,1-3H3,(H,17,18)/b9-6+. The van der Waals surface area contributed by atoms with Crippen LogP contribution in [-0.4, -0.2) is 18.6 Å². The van der Waals surface area contributed by atoms with Crippen molar-refractivity contribution in [1.29, 1.82) is 0 Å². The second-order valence-electron chi connectivity index (χ2n) is 4.27. The molecule has 0 spiro atoms. The van der Waals surface area contributed by atoms with E-state index in [1.54, 1.807) is 6.08 Å². The molecule has 1 rings (SSSR count). The van der Waals surface area contributed by atoms with Crippen molar-refractivity contribution in [2.75, 3.05) is 6.61 Å². The van der Waals surface area contributed by atoms with Crippen LogP contribution in [0.5, 0.6) is 5.75 Å². The molecule has 19 heavy (non-hydrogen) atoms. The molecular formula is C15H20BrNO2. The molecule has 0 fully saturated rings. The van der Waals surface area contributed by atoms with E-state index in [1.165, 1.54) is 6.08 Å². The first kappa shape index (κ1) is 15.8. The highest BCUT2D eigenvalue weighted by molar-refractivity contribution is 9.10. The number of ether oxygens (including phenoxy) is 1. The Hall–Kier alpha value is -1.29. The Balaban J connectivity index is 2.79. The molecule has 0 saturated heterocycles. The molecule has 0 aliphatic rings. The molecule has 1 atom stereocenters. The summed E-state index contributed by atoms with van der Waals surface area (Å²) in [6, 6.07) is 5.92. The highest BCUT2D eigenvalue weighted by atomic mass is 79.9. The van der Waals surface area contributed by atoms with E-state index in [0.29, 0.717) is 6.61 Å². The van der Waals surface area contributed by atoms with Crippen molar-refractivity contribution >= 4 is 27.9 Å². The molecule has 1 unspecified atom stereocenters. The van der Waals surface area contributed by atoms with Gasteiger partial charge >= 0.3 is 0 Å². The first-order valence-electron chi connectivity index (χ1n) is 6.47. The summed E-state index contributed by atoms with van der Waals surface area (Å²) in [7, 11) is 0. The average Bonchev–Trinajstić information content (AvgIpc) is 2.39. The molecule has 0 heterocycles. The van der Waals surface area contributed by atoms with Crippen LogP contribution in [0.1, 0.15) is 32.8 Å². The lowest BCUT2D eigenvalue weighted by Gasteiger charge is -2.09. The van der Waals surface area contributed by atoms with Crippen molar-refractivity contribution in [1.82, 2.24) is 5.32 Å². The molecule has 1 aromatic carbocycles. The fourth-order valence-corrected chi connectivity index (χ4v) is 1.87. The Labute approximate surface area is 123 Å². The fraction of sp³-hybridized carbons (Fsp3) is 0.400. The third-order valence-corrected chi connectivity index (χ3v) is 3.18. The highest BCUT2D eigenvalue weighted by Crippen LogP contribution is 2.24. The summed E-state index contributed by atoms with van der Waals surface area (Å²) in [6.45, 7) is 6.55. The third kappa shape index (κ3) is 5.47. The summed E-state index contributed by atoms with van der Waals surface area (Å²) >= 11 is 3.42. The maximum absolute atomic E-state index is 11.7. The zero-order valence-electron chi connectivity index (χ0n) is 11.6. The lowest BCUT2D eigenvalue weighted by molar-refractivity contribution is -0.117. The Morgan fingerprint density at radius 3 is 2.84 bits per heavy atom. The van der Waals surface area contributed by atoms with Gasteiger partial charge in [0.2, 0.25) is 5.91 Å². The molecule has 0 aliphatic carbocycles. The molecule has 3 nitrogen and oxygen atoms in total. The van der Waals surface area contributed by atoms with Crippen molar-refractivity contribution in [2.24, 2.45) is 0 Å². The van der Waals surface area contributed by atoms with Crippen molar-refractivity contribution in [3.63, 3.8) is 0 Å². The normalized spacial score (nSPS) is 12.4. The number of hydrogen-bond donors (Lipinski definition) is 1. The van der Waals surface area contributed by atoms with Gasteiger partial charge in [0.25, 0.3) is 0 Å². The molecule has 0 aromatic heterocycles. The van der Waals surface area contributed by atoms with Gasteiger partial charge in [-0.2, -0.15) is 0 Å². The van der Waals surface area contributed by atoms with Crippen LogP contribution < -0.4 is 10.1 Å². The van der Waals surface area contributed by atoms with Gasteiger partial charge < -0.3 is 10.1 Å². The SMILES string of the molecule is CCOc1ccc(Br)cc1/C=C/C(=O)NC(C)CC. The predicted molar refractivity (Wildman–Crippen MR) is 82.2 cm³/mol. The molecule has 1 amide bonds. The summed E-state index contributed by atoms with van der Waals surface area (Å²) in [5.74, 6) is 0.690. The molecule has 0 aliphatic heterocycles. The van der Waals surface area contributed by atoms with Gasteiger partial charge in [0, 0.05) is 22.2 Å². The van der Waals surface area contributed by atoms with Crippen molar-refractivity contribution in [2.45, 2.75) is 33.2 Å². The minimum atomic E-state index is -0.0863. The highest BCUT2D eigenvalue weighted by Gasteiger charge is 2.04. The monoisotopic (exact) mass is 325 g/mol. The van der Waals surface area contributed by atoms with Gasteiger partial charge in [0.15, 0.2) is 0 Å². The molecule has 0 bridgehead atoms. The molecule has 1 N–H and O–H groups in total. The number of amides is 1. The number of nitrogens with one attached hydrogen (secondary N) is 1. The van der Waals surface area contributed by atoms with Gasteiger partial charge in [-0.05, 0) is 44.5 Å². The van der Waals surface area contributed by atoms with E-state index < -0.39 is 0 Å². The second kappa shape index (κ2) is 8.00. The van der Waals surface area contributed by atoms with Crippen LogP contribution in [0.15, 0.2) is 28.7 Å². The van der Waals surface area contributed by atoms with Crippen LogP contribution in [-0.2, 0) is 4.79 Å². The molecule has 1 aromatic rings. The Bertz CT molecular complexity index is 457. The molecule has 4 heteroatoms. The van der Waals surface area contributed by atoms with Crippen LogP contribution in [0.2, 0.25) is 0 Å². The van der Waals surface area contributed by atoms with Crippen molar-refractivity contribution < 1.29 is 9.53 Å². The predicted octanol–water partition coefficient (Wildman–Crippen LogP) is 3.78. The van der Waals surface area contributed by atoms with Gasteiger partial charge in [0.1, 0.15) is 5.75 Å². The Kier molecular flexibility index (Phi) is 6.64. The lowest BCUT2D eigenvalue weighted by Crippen LogP contribution is -2.30. The second-order valence-corrected chi connectivity index (χ2v) is 5.18. The van der Waals surface area contributed by atoms with E-state index in [1.807, 2.05) is 39.0 Å². The summed E-state index contributed by atoms with van der Waals surface area (Å²) in [6.07, 6.45) is 4.23. The van der Waals surface area contributed by atoms with Crippen molar-refractivity contribution in [3.05, 3.63) is 34.3 Å². The Morgan fingerprint density at radius 2 is 2.21 bits per heavy atom. The largest absolute Gasteiger partial charge is 0.493 e. The van der Waals surface area contributed by atoms with Crippen molar-refractivity contribution in [3.8, 4) is 5.75 Å². The quantitative estimate of drug-likeness (QED) is 0.808. The van der Waals surface area contributed by atoms with Gasteiger partial charge in [-0.3, -0.25) is 4.79 Å².